The SMILES string of the molecule is COc1cccc(CNC(C)c2ccccc2)c1OCc1cccc(C)c1. The number of nitrogens with one attached hydrogen (secondary N) is 1. The van der Waals surface area contributed by atoms with E-state index < -0.39 is 0 Å². The molecule has 0 saturated carbocycles. The van der Waals surface area contributed by atoms with Crippen LogP contribution >= 0.6 is 0 Å². The van der Waals surface area contributed by atoms with Crippen LogP contribution in [0.1, 0.15) is 35.2 Å². The summed E-state index contributed by atoms with van der Waals surface area (Å²) in [4.78, 5) is 0. The van der Waals surface area contributed by atoms with Crippen LogP contribution in [0, 0.1) is 6.92 Å². The first-order valence-corrected chi connectivity index (χ1v) is 9.30. The van der Waals surface area contributed by atoms with Crippen molar-refractivity contribution < 1.29 is 9.47 Å². The molecule has 1 atom stereocenters. The first-order chi connectivity index (χ1) is 13.2. The molecule has 3 nitrogen and oxygen atoms in total. The predicted molar refractivity (Wildman–Crippen MR) is 110 cm³/mol. The van der Waals surface area contributed by atoms with Gasteiger partial charge >= 0.3 is 0 Å². The minimum Gasteiger partial charge on any atom is -0.493 e. The lowest BCUT2D eigenvalue weighted by Crippen LogP contribution is -2.18. The van der Waals surface area contributed by atoms with Crippen LogP contribution < -0.4 is 14.8 Å². The zero-order valence-corrected chi connectivity index (χ0v) is 16.2. The van der Waals surface area contributed by atoms with Crippen LogP contribution in [0.3, 0.4) is 0 Å². The van der Waals surface area contributed by atoms with E-state index in [1.165, 1.54) is 11.1 Å². The van der Waals surface area contributed by atoms with E-state index in [0.29, 0.717) is 13.2 Å². The fourth-order valence-electron chi connectivity index (χ4n) is 3.11. The van der Waals surface area contributed by atoms with Crippen molar-refractivity contribution >= 4 is 0 Å². The summed E-state index contributed by atoms with van der Waals surface area (Å²) in [6.45, 7) is 5.48. The van der Waals surface area contributed by atoms with Gasteiger partial charge in [0, 0.05) is 18.2 Å². The van der Waals surface area contributed by atoms with Gasteiger partial charge in [-0.05, 0) is 31.0 Å². The van der Waals surface area contributed by atoms with E-state index in [1.54, 1.807) is 7.11 Å². The normalized spacial score (nSPS) is 11.8. The Morgan fingerprint density at radius 2 is 1.70 bits per heavy atom. The molecule has 0 amide bonds. The molecule has 3 heteroatoms. The maximum atomic E-state index is 6.17. The van der Waals surface area contributed by atoms with Gasteiger partial charge < -0.3 is 14.8 Å². The number of para-hydroxylation sites is 1. The Hall–Kier alpha value is -2.78. The summed E-state index contributed by atoms with van der Waals surface area (Å²) < 4.78 is 11.7. The first-order valence-electron chi connectivity index (χ1n) is 9.30. The maximum absolute atomic E-state index is 6.17. The average molecular weight is 361 g/mol. The smallest absolute Gasteiger partial charge is 0.166 e. The molecule has 3 aromatic rings. The molecule has 3 rings (SSSR count). The van der Waals surface area contributed by atoms with Crippen molar-refractivity contribution in [3.63, 3.8) is 0 Å². The summed E-state index contributed by atoms with van der Waals surface area (Å²) in [6.07, 6.45) is 0. The van der Waals surface area contributed by atoms with E-state index in [9.17, 15) is 0 Å². The van der Waals surface area contributed by atoms with Crippen molar-refractivity contribution in [3.8, 4) is 11.5 Å². The third kappa shape index (κ3) is 5.11. The number of methoxy groups -OCH3 is 1. The van der Waals surface area contributed by atoms with E-state index >= 15 is 0 Å². The van der Waals surface area contributed by atoms with Gasteiger partial charge in [-0.25, -0.2) is 0 Å². The minimum absolute atomic E-state index is 0.252. The van der Waals surface area contributed by atoms with Crippen LogP contribution in [-0.2, 0) is 13.2 Å². The molecule has 140 valence electrons. The van der Waals surface area contributed by atoms with E-state index in [1.807, 2.05) is 18.2 Å². The van der Waals surface area contributed by atoms with Gasteiger partial charge in [0.15, 0.2) is 11.5 Å². The molecular formula is C24H27NO2. The highest BCUT2D eigenvalue weighted by Gasteiger charge is 2.12. The van der Waals surface area contributed by atoms with Crippen molar-refractivity contribution in [1.29, 1.82) is 0 Å². The number of aryl methyl sites for hydroxylation is 1. The molecule has 0 aliphatic rings. The lowest BCUT2D eigenvalue weighted by Gasteiger charge is -2.18. The lowest BCUT2D eigenvalue weighted by atomic mass is 10.1. The lowest BCUT2D eigenvalue weighted by molar-refractivity contribution is 0.280. The largest absolute Gasteiger partial charge is 0.493 e. The zero-order valence-electron chi connectivity index (χ0n) is 16.2. The standard InChI is InChI=1S/C24H27NO2/c1-18-9-7-10-20(15-18)17-27-24-22(13-8-14-23(24)26-3)16-25-19(2)21-11-5-4-6-12-21/h4-15,19,25H,16-17H2,1-3H3. The molecule has 0 spiro atoms. The quantitative estimate of drug-likeness (QED) is 0.580. The summed E-state index contributed by atoms with van der Waals surface area (Å²) in [5.74, 6) is 1.56. The topological polar surface area (TPSA) is 30.5 Å². The number of ether oxygens (including phenoxy) is 2. The van der Waals surface area contributed by atoms with Gasteiger partial charge in [0.05, 0.1) is 7.11 Å². The van der Waals surface area contributed by atoms with Gasteiger partial charge in [0.1, 0.15) is 6.61 Å². The number of rotatable bonds is 8. The third-order valence-electron chi connectivity index (χ3n) is 4.64. The van der Waals surface area contributed by atoms with Crippen molar-refractivity contribution in [1.82, 2.24) is 5.32 Å². The van der Waals surface area contributed by atoms with Crippen LogP contribution in [0.2, 0.25) is 0 Å². The minimum atomic E-state index is 0.252. The molecule has 0 bridgehead atoms. The predicted octanol–water partition coefficient (Wildman–Crippen LogP) is 5.43. The number of hydrogen-bond acceptors (Lipinski definition) is 3. The fourth-order valence-corrected chi connectivity index (χ4v) is 3.11. The molecule has 0 heterocycles. The van der Waals surface area contributed by atoms with Crippen molar-refractivity contribution in [3.05, 3.63) is 95.1 Å². The summed E-state index contributed by atoms with van der Waals surface area (Å²) in [5.41, 5.74) is 4.74. The van der Waals surface area contributed by atoms with Crippen LogP contribution in [-0.4, -0.2) is 7.11 Å². The first kappa shape index (κ1) is 19.0. The molecule has 0 aliphatic heterocycles. The highest BCUT2D eigenvalue weighted by molar-refractivity contribution is 5.47. The van der Waals surface area contributed by atoms with Crippen LogP contribution in [0.25, 0.3) is 0 Å². The van der Waals surface area contributed by atoms with Crippen molar-refractivity contribution in [2.24, 2.45) is 0 Å². The second-order valence-electron chi connectivity index (χ2n) is 6.74. The van der Waals surface area contributed by atoms with E-state index in [2.05, 4.69) is 73.8 Å². The molecule has 27 heavy (non-hydrogen) atoms. The number of benzene rings is 3. The molecular weight excluding hydrogens is 334 g/mol. The highest BCUT2D eigenvalue weighted by atomic mass is 16.5. The van der Waals surface area contributed by atoms with Gasteiger partial charge in [0.25, 0.3) is 0 Å². The van der Waals surface area contributed by atoms with E-state index in [4.69, 9.17) is 9.47 Å². The zero-order chi connectivity index (χ0) is 19.1. The second-order valence-corrected chi connectivity index (χ2v) is 6.74. The Bertz CT molecular complexity index is 861. The Labute approximate surface area is 162 Å². The molecule has 1 unspecified atom stereocenters. The maximum Gasteiger partial charge on any atom is 0.166 e. The second kappa shape index (κ2) is 9.24. The van der Waals surface area contributed by atoms with Crippen molar-refractivity contribution in [2.45, 2.75) is 33.0 Å². The van der Waals surface area contributed by atoms with E-state index in [-0.39, 0.29) is 6.04 Å². The third-order valence-corrected chi connectivity index (χ3v) is 4.64. The van der Waals surface area contributed by atoms with Gasteiger partial charge in [-0.15, -0.1) is 0 Å². The molecule has 0 aliphatic carbocycles. The molecule has 0 aromatic heterocycles. The summed E-state index contributed by atoms with van der Waals surface area (Å²) >= 11 is 0. The van der Waals surface area contributed by atoms with Crippen LogP contribution in [0.15, 0.2) is 72.8 Å². The summed E-state index contributed by atoms with van der Waals surface area (Å²) in [7, 11) is 1.68. The monoisotopic (exact) mass is 361 g/mol. The number of hydrogen-bond donors (Lipinski definition) is 1. The molecule has 1 N–H and O–H groups in total. The fraction of sp³-hybridized carbons (Fsp3) is 0.250. The summed E-state index contributed by atoms with van der Waals surface area (Å²) in [6, 6.07) is 25.1. The Morgan fingerprint density at radius 1 is 0.926 bits per heavy atom. The highest BCUT2D eigenvalue weighted by Crippen LogP contribution is 2.32. The average Bonchev–Trinajstić information content (AvgIpc) is 2.71. The van der Waals surface area contributed by atoms with Gasteiger partial charge in [-0.2, -0.15) is 0 Å². The van der Waals surface area contributed by atoms with Crippen molar-refractivity contribution in [2.75, 3.05) is 7.11 Å². The molecule has 0 saturated heterocycles. The Morgan fingerprint density at radius 3 is 2.44 bits per heavy atom. The Balaban J connectivity index is 1.73. The Kier molecular flexibility index (Phi) is 6.50. The van der Waals surface area contributed by atoms with Gasteiger partial charge in [0.2, 0.25) is 0 Å². The molecule has 0 radical (unpaired) electrons. The molecule has 0 fully saturated rings. The molecule has 3 aromatic carbocycles. The van der Waals surface area contributed by atoms with Gasteiger partial charge in [-0.1, -0.05) is 72.3 Å². The van der Waals surface area contributed by atoms with E-state index in [0.717, 1.165) is 22.6 Å². The summed E-state index contributed by atoms with van der Waals surface area (Å²) in [5, 5.41) is 3.58. The van der Waals surface area contributed by atoms with Crippen LogP contribution in [0.5, 0.6) is 11.5 Å². The van der Waals surface area contributed by atoms with Crippen LogP contribution in [0.4, 0.5) is 0 Å². The van der Waals surface area contributed by atoms with Gasteiger partial charge in [-0.3, -0.25) is 0 Å².